The van der Waals surface area contributed by atoms with Gasteiger partial charge in [-0.25, -0.2) is 4.79 Å². The predicted molar refractivity (Wildman–Crippen MR) is 42.7 cm³/mol. The van der Waals surface area contributed by atoms with Crippen LogP contribution in [0, 0.1) is 0 Å². The van der Waals surface area contributed by atoms with Gasteiger partial charge in [-0.3, -0.25) is 0 Å². The Bertz CT molecular complexity index is 122. The van der Waals surface area contributed by atoms with Crippen molar-refractivity contribution in [2.45, 2.75) is 3.79 Å². The SMILES string of the molecule is CNC(=O)NCC(Cl)(Cl)Cl. The van der Waals surface area contributed by atoms with Crippen LogP contribution in [0.25, 0.3) is 0 Å². The fourth-order valence-electron chi connectivity index (χ4n) is 0.269. The maximum Gasteiger partial charge on any atom is 0.314 e. The van der Waals surface area contributed by atoms with Crippen molar-refractivity contribution in [1.29, 1.82) is 0 Å². The normalized spacial score (nSPS) is 10.8. The van der Waals surface area contributed by atoms with Crippen molar-refractivity contribution < 1.29 is 4.79 Å². The van der Waals surface area contributed by atoms with Gasteiger partial charge >= 0.3 is 6.03 Å². The molecule has 0 saturated carbocycles. The van der Waals surface area contributed by atoms with Crippen LogP contribution >= 0.6 is 34.8 Å². The van der Waals surface area contributed by atoms with Crippen molar-refractivity contribution in [3.63, 3.8) is 0 Å². The summed E-state index contributed by atoms with van der Waals surface area (Å²) in [5, 5.41) is 4.64. The Morgan fingerprint density at radius 2 is 2.00 bits per heavy atom. The lowest BCUT2D eigenvalue weighted by molar-refractivity contribution is 0.243. The van der Waals surface area contributed by atoms with E-state index in [1.165, 1.54) is 7.05 Å². The van der Waals surface area contributed by atoms with E-state index in [-0.39, 0.29) is 12.6 Å². The molecule has 0 aliphatic heterocycles. The van der Waals surface area contributed by atoms with E-state index in [4.69, 9.17) is 34.8 Å². The minimum Gasteiger partial charge on any atom is -0.341 e. The van der Waals surface area contributed by atoms with E-state index in [0.717, 1.165) is 0 Å². The van der Waals surface area contributed by atoms with Crippen LogP contribution in [0.3, 0.4) is 0 Å². The molecule has 0 rings (SSSR count). The zero-order chi connectivity index (χ0) is 8.20. The second-order valence-corrected chi connectivity index (χ2v) is 4.06. The molecule has 0 spiro atoms. The van der Waals surface area contributed by atoms with Gasteiger partial charge in [-0.1, -0.05) is 34.8 Å². The fourth-order valence-corrected chi connectivity index (χ4v) is 0.469. The average molecular weight is 205 g/mol. The summed E-state index contributed by atoms with van der Waals surface area (Å²) in [6.07, 6.45) is 0. The largest absolute Gasteiger partial charge is 0.341 e. The van der Waals surface area contributed by atoms with Crippen LogP contribution in [-0.2, 0) is 0 Å². The molecule has 0 aromatic rings. The summed E-state index contributed by atoms with van der Waals surface area (Å²) in [6.45, 7) is -0.00264. The molecule has 2 amide bonds. The molecule has 0 atom stereocenters. The molecule has 0 aromatic carbocycles. The quantitative estimate of drug-likeness (QED) is 0.622. The van der Waals surface area contributed by atoms with Gasteiger partial charge in [-0.2, -0.15) is 0 Å². The molecule has 0 heterocycles. The Hall–Kier alpha value is 0.140. The lowest BCUT2D eigenvalue weighted by atomic mass is 10.7. The Kier molecular flexibility index (Phi) is 4.17. The molecule has 0 aromatic heterocycles. The number of carbonyl (C=O) groups excluding carboxylic acids is 1. The Balaban J connectivity index is 3.46. The van der Waals surface area contributed by atoms with Crippen molar-refractivity contribution in [2.75, 3.05) is 13.6 Å². The molecule has 60 valence electrons. The first kappa shape index (κ1) is 10.1. The summed E-state index contributed by atoms with van der Waals surface area (Å²) in [7, 11) is 1.48. The van der Waals surface area contributed by atoms with Gasteiger partial charge in [0.25, 0.3) is 0 Å². The molecule has 0 aliphatic rings. The van der Waals surface area contributed by atoms with Gasteiger partial charge in [0, 0.05) is 7.05 Å². The average Bonchev–Trinajstić information content (AvgIpc) is 1.81. The molecule has 2 N–H and O–H groups in total. The lowest BCUT2D eigenvalue weighted by Gasteiger charge is -2.10. The third kappa shape index (κ3) is 6.26. The van der Waals surface area contributed by atoms with Crippen molar-refractivity contribution in [3.05, 3.63) is 0 Å². The molecular formula is C4H7Cl3N2O. The standard InChI is InChI=1S/C4H7Cl3N2O/c1-8-3(10)9-2-4(5,6)7/h2H2,1H3,(H2,8,9,10). The number of urea groups is 1. The Labute approximate surface area is 74.0 Å². The topological polar surface area (TPSA) is 41.1 Å². The molecular weight excluding hydrogens is 198 g/mol. The van der Waals surface area contributed by atoms with E-state index in [9.17, 15) is 4.79 Å². The van der Waals surface area contributed by atoms with Crippen LogP contribution in [0.5, 0.6) is 0 Å². The van der Waals surface area contributed by atoms with Gasteiger partial charge in [0.2, 0.25) is 3.79 Å². The molecule has 0 aliphatic carbocycles. The van der Waals surface area contributed by atoms with Crippen LogP contribution < -0.4 is 10.6 Å². The Morgan fingerprint density at radius 1 is 1.50 bits per heavy atom. The zero-order valence-electron chi connectivity index (χ0n) is 5.25. The van der Waals surface area contributed by atoms with Crippen LogP contribution in [0.4, 0.5) is 4.79 Å². The number of alkyl halides is 3. The van der Waals surface area contributed by atoms with Crippen LogP contribution in [-0.4, -0.2) is 23.4 Å². The summed E-state index contributed by atoms with van der Waals surface area (Å²) in [4.78, 5) is 10.5. The fraction of sp³-hybridized carbons (Fsp3) is 0.750. The molecule has 0 bridgehead atoms. The molecule has 3 nitrogen and oxygen atoms in total. The number of carbonyl (C=O) groups is 1. The van der Waals surface area contributed by atoms with Gasteiger partial charge in [0.05, 0.1) is 6.54 Å². The maximum absolute atomic E-state index is 10.5. The highest BCUT2D eigenvalue weighted by atomic mass is 35.6. The highest BCUT2D eigenvalue weighted by Crippen LogP contribution is 2.24. The molecule has 0 radical (unpaired) electrons. The maximum atomic E-state index is 10.5. The predicted octanol–water partition coefficient (Wildman–Crippen LogP) is 1.29. The lowest BCUT2D eigenvalue weighted by Crippen LogP contribution is -2.37. The number of hydrogen-bond donors (Lipinski definition) is 2. The monoisotopic (exact) mass is 204 g/mol. The number of amides is 2. The summed E-state index contributed by atoms with van der Waals surface area (Å²) in [6, 6.07) is -0.369. The van der Waals surface area contributed by atoms with Crippen LogP contribution in [0.2, 0.25) is 0 Å². The van der Waals surface area contributed by atoms with E-state index in [1.54, 1.807) is 0 Å². The molecule has 10 heavy (non-hydrogen) atoms. The number of nitrogens with one attached hydrogen (secondary N) is 2. The highest BCUT2D eigenvalue weighted by Gasteiger charge is 2.19. The molecule has 0 saturated heterocycles. The van der Waals surface area contributed by atoms with E-state index in [2.05, 4.69) is 10.6 Å². The van der Waals surface area contributed by atoms with E-state index in [1.807, 2.05) is 0 Å². The van der Waals surface area contributed by atoms with Gasteiger partial charge in [-0.15, -0.1) is 0 Å². The van der Waals surface area contributed by atoms with Gasteiger partial charge in [0.15, 0.2) is 0 Å². The van der Waals surface area contributed by atoms with E-state index >= 15 is 0 Å². The zero-order valence-corrected chi connectivity index (χ0v) is 7.52. The van der Waals surface area contributed by atoms with Gasteiger partial charge in [-0.05, 0) is 0 Å². The number of hydrogen-bond acceptors (Lipinski definition) is 1. The summed E-state index contributed by atoms with van der Waals surface area (Å²) >= 11 is 16.0. The first-order valence-corrected chi connectivity index (χ1v) is 3.61. The molecule has 6 heteroatoms. The third-order valence-electron chi connectivity index (χ3n) is 0.676. The Morgan fingerprint density at radius 3 is 2.30 bits per heavy atom. The van der Waals surface area contributed by atoms with Crippen molar-refractivity contribution in [3.8, 4) is 0 Å². The summed E-state index contributed by atoms with van der Waals surface area (Å²) in [5.41, 5.74) is 0. The van der Waals surface area contributed by atoms with Crippen molar-refractivity contribution in [2.24, 2.45) is 0 Å². The van der Waals surface area contributed by atoms with E-state index < -0.39 is 3.79 Å². The second-order valence-electron chi connectivity index (χ2n) is 1.55. The van der Waals surface area contributed by atoms with Gasteiger partial charge in [0.1, 0.15) is 0 Å². The first-order chi connectivity index (χ1) is 4.45. The third-order valence-corrected chi connectivity index (χ3v) is 1.08. The van der Waals surface area contributed by atoms with Crippen molar-refractivity contribution in [1.82, 2.24) is 10.6 Å². The number of halogens is 3. The van der Waals surface area contributed by atoms with Crippen molar-refractivity contribution >= 4 is 40.8 Å². The molecule has 0 unspecified atom stereocenters. The molecule has 0 fully saturated rings. The van der Waals surface area contributed by atoms with E-state index in [0.29, 0.717) is 0 Å². The van der Waals surface area contributed by atoms with Gasteiger partial charge < -0.3 is 10.6 Å². The summed E-state index contributed by atoms with van der Waals surface area (Å²) in [5.74, 6) is 0. The minimum atomic E-state index is -1.42. The number of rotatable bonds is 1. The van der Waals surface area contributed by atoms with Crippen LogP contribution in [0.1, 0.15) is 0 Å². The minimum absolute atomic E-state index is 0.00264. The first-order valence-electron chi connectivity index (χ1n) is 2.48. The highest BCUT2D eigenvalue weighted by molar-refractivity contribution is 6.67. The second kappa shape index (κ2) is 4.11. The smallest absolute Gasteiger partial charge is 0.314 e. The van der Waals surface area contributed by atoms with Crippen LogP contribution in [0.15, 0.2) is 0 Å². The summed E-state index contributed by atoms with van der Waals surface area (Å²) < 4.78 is -1.42.